The molecule has 3 nitrogen and oxygen atoms in total. The van der Waals surface area contributed by atoms with Crippen LogP contribution in [0.2, 0.25) is 0 Å². The van der Waals surface area contributed by atoms with E-state index in [-0.39, 0.29) is 5.41 Å². The van der Waals surface area contributed by atoms with Crippen molar-refractivity contribution in [2.45, 2.75) is 19.3 Å². The molecule has 0 N–H and O–H groups in total. The molecule has 0 bridgehead atoms. The molecule has 9 aromatic carbocycles. The Morgan fingerprint density at radius 2 is 0.855 bits per heavy atom. The zero-order valence-corrected chi connectivity index (χ0v) is 30.6. The minimum atomic E-state index is -0.275. The molecule has 0 saturated carbocycles. The van der Waals surface area contributed by atoms with Gasteiger partial charge < -0.3 is 9.32 Å². The molecule has 0 amide bonds. The third-order valence-corrected chi connectivity index (χ3v) is 11.6. The summed E-state index contributed by atoms with van der Waals surface area (Å²) in [6.45, 7) is 4.74. The first-order chi connectivity index (χ1) is 27.0. The monoisotopic (exact) mass is 704 g/mol. The van der Waals surface area contributed by atoms with Gasteiger partial charge in [-0.15, -0.1) is 0 Å². The quantitative estimate of drug-likeness (QED) is 0.183. The maximum absolute atomic E-state index is 6.33. The number of anilines is 3. The summed E-state index contributed by atoms with van der Waals surface area (Å²) in [5.74, 6) is 0.623. The van der Waals surface area contributed by atoms with Crippen LogP contribution in [-0.4, -0.2) is 4.98 Å². The fraction of sp³-hybridized carbons (Fsp3) is 0.0577. The molecule has 1 aliphatic heterocycles. The van der Waals surface area contributed by atoms with E-state index < -0.39 is 0 Å². The molecule has 1 aliphatic rings. The molecule has 260 valence electrons. The van der Waals surface area contributed by atoms with E-state index in [1.165, 1.54) is 66.3 Å². The Balaban J connectivity index is 1.05. The molecular weight excluding hydrogens is 669 g/mol. The highest BCUT2D eigenvalue weighted by Crippen LogP contribution is 2.53. The van der Waals surface area contributed by atoms with Crippen molar-refractivity contribution in [1.29, 1.82) is 0 Å². The van der Waals surface area contributed by atoms with Gasteiger partial charge in [-0.1, -0.05) is 123 Å². The minimum Gasteiger partial charge on any atom is -0.436 e. The van der Waals surface area contributed by atoms with E-state index in [0.29, 0.717) is 5.89 Å². The van der Waals surface area contributed by atoms with Crippen LogP contribution in [0.4, 0.5) is 17.1 Å². The zero-order valence-electron chi connectivity index (χ0n) is 30.6. The van der Waals surface area contributed by atoms with Gasteiger partial charge in [0.25, 0.3) is 0 Å². The van der Waals surface area contributed by atoms with Gasteiger partial charge in [0, 0.05) is 16.7 Å². The lowest BCUT2D eigenvalue weighted by Crippen LogP contribution is -2.30. The Hall–Kier alpha value is -6.97. The Morgan fingerprint density at radius 3 is 1.40 bits per heavy atom. The highest BCUT2D eigenvalue weighted by Gasteiger charge is 2.37. The second-order valence-electron chi connectivity index (χ2n) is 15.3. The predicted molar refractivity (Wildman–Crippen MR) is 230 cm³/mol. The van der Waals surface area contributed by atoms with Crippen molar-refractivity contribution in [3.8, 4) is 33.7 Å². The van der Waals surface area contributed by atoms with E-state index in [1.807, 2.05) is 0 Å². The van der Waals surface area contributed by atoms with E-state index >= 15 is 0 Å². The Kier molecular flexibility index (Phi) is 6.90. The number of oxazole rings is 1. The molecule has 0 spiro atoms. The van der Waals surface area contributed by atoms with Crippen LogP contribution >= 0.6 is 0 Å². The molecule has 2 heterocycles. The molecule has 0 unspecified atom stereocenters. The highest BCUT2D eigenvalue weighted by molar-refractivity contribution is 5.96. The largest absolute Gasteiger partial charge is 0.436 e. The Bertz CT molecular complexity index is 2950. The van der Waals surface area contributed by atoms with Crippen LogP contribution in [0.1, 0.15) is 25.0 Å². The number of aromatic nitrogens is 1. The smallest absolute Gasteiger partial charge is 0.227 e. The number of nitrogens with zero attached hydrogens (tertiary/aromatic N) is 2. The van der Waals surface area contributed by atoms with Gasteiger partial charge >= 0.3 is 0 Å². The van der Waals surface area contributed by atoms with Gasteiger partial charge in [0.2, 0.25) is 5.89 Å². The van der Waals surface area contributed by atoms with Crippen LogP contribution in [0.3, 0.4) is 0 Å². The van der Waals surface area contributed by atoms with Crippen molar-refractivity contribution in [3.05, 3.63) is 193 Å². The van der Waals surface area contributed by atoms with Gasteiger partial charge in [-0.2, -0.15) is 0 Å². The number of hydrogen-bond acceptors (Lipinski definition) is 3. The normalized spacial score (nSPS) is 13.4. The molecular formula is C52H36N2O. The zero-order chi connectivity index (χ0) is 36.7. The van der Waals surface area contributed by atoms with Gasteiger partial charge in [-0.3, -0.25) is 0 Å². The molecule has 0 aliphatic carbocycles. The lowest BCUT2D eigenvalue weighted by molar-refractivity contribution is 0.620. The maximum Gasteiger partial charge on any atom is 0.227 e. The molecule has 0 atom stereocenters. The van der Waals surface area contributed by atoms with E-state index in [9.17, 15) is 0 Å². The standard InChI is InChI=1S/C52H36N2O/c1-52(2)45-29-42(40-17-15-33-9-3-5-11-36(33)27-40)21-25-48(45)54(49-26-22-43(30-46(49)52)41-18-16-34-10-4-6-12-37(34)28-41)44-23-19-35(20-24-44)51-53-47-31-38-13-7-8-14-39(38)32-50(47)55-51/h3-32H,1-2H3. The first-order valence-corrected chi connectivity index (χ1v) is 18.9. The number of rotatable bonds is 4. The molecule has 11 rings (SSSR count). The summed E-state index contributed by atoms with van der Waals surface area (Å²) in [4.78, 5) is 7.32. The third kappa shape index (κ3) is 5.15. The summed E-state index contributed by atoms with van der Waals surface area (Å²) in [7, 11) is 0. The molecule has 55 heavy (non-hydrogen) atoms. The second-order valence-corrected chi connectivity index (χ2v) is 15.3. The minimum absolute atomic E-state index is 0.275. The van der Waals surface area contributed by atoms with Gasteiger partial charge in [0.1, 0.15) is 5.52 Å². The summed E-state index contributed by atoms with van der Waals surface area (Å²) >= 11 is 0. The number of benzene rings is 9. The van der Waals surface area contributed by atoms with E-state index in [4.69, 9.17) is 9.40 Å². The highest BCUT2D eigenvalue weighted by atomic mass is 16.3. The van der Waals surface area contributed by atoms with Gasteiger partial charge in [0.05, 0.1) is 11.4 Å². The van der Waals surface area contributed by atoms with Crippen LogP contribution in [0.5, 0.6) is 0 Å². The van der Waals surface area contributed by atoms with Gasteiger partial charge in [0.15, 0.2) is 5.58 Å². The average Bonchev–Trinajstić information content (AvgIpc) is 3.65. The van der Waals surface area contributed by atoms with Crippen LogP contribution in [0.25, 0.3) is 77.1 Å². The van der Waals surface area contributed by atoms with Crippen molar-refractivity contribution >= 4 is 60.5 Å². The van der Waals surface area contributed by atoms with Crippen molar-refractivity contribution in [2.24, 2.45) is 0 Å². The summed E-state index contributed by atoms with van der Waals surface area (Å²) in [5.41, 5.74) is 13.2. The second kappa shape index (κ2) is 12.0. The summed E-state index contributed by atoms with van der Waals surface area (Å²) in [6.07, 6.45) is 0. The first-order valence-electron chi connectivity index (χ1n) is 18.9. The molecule has 1 aromatic heterocycles. The van der Waals surface area contributed by atoms with Crippen molar-refractivity contribution in [2.75, 3.05) is 4.90 Å². The molecule has 10 aromatic rings. The van der Waals surface area contributed by atoms with Crippen molar-refractivity contribution < 1.29 is 4.42 Å². The molecule has 0 saturated heterocycles. The molecule has 0 fully saturated rings. The van der Waals surface area contributed by atoms with Crippen LogP contribution in [0.15, 0.2) is 186 Å². The topological polar surface area (TPSA) is 29.3 Å². The predicted octanol–water partition coefficient (Wildman–Crippen LogP) is 14.4. The number of fused-ring (bicyclic) bond motifs is 6. The van der Waals surface area contributed by atoms with Gasteiger partial charge in [-0.25, -0.2) is 4.98 Å². The number of hydrogen-bond donors (Lipinski definition) is 0. The van der Waals surface area contributed by atoms with Crippen LogP contribution in [-0.2, 0) is 5.41 Å². The fourth-order valence-electron chi connectivity index (χ4n) is 8.60. The van der Waals surface area contributed by atoms with Crippen LogP contribution < -0.4 is 4.90 Å². The fourth-order valence-corrected chi connectivity index (χ4v) is 8.60. The first kappa shape index (κ1) is 31.5. The third-order valence-electron chi connectivity index (χ3n) is 11.6. The Labute approximate surface area is 319 Å². The lowest BCUT2D eigenvalue weighted by Gasteiger charge is -2.42. The maximum atomic E-state index is 6.33. The molecule has 3 heteroatoms. The summed E-state index contributed by atoms with van der Waals surface area (Å²) < 4.78 is 6.33. The Morgan fingerprint density at radius 1 is 0.418 bits per heavy atom. The summed E-state index contributed by atoms with van der Waals surface area (Å²) in [5, 5.41) is 7.29. The molecule has 0 radical (unpaired) electrons. The van der Waals surface area contributed by atoms with Gasteiger partial charge in [-0.05, 0) is 138 Å². The van der Waals surface area contributed by atoms with Crippen molar-refractivity contribution in [3.63, 3.8) is 0 Å². The van der Waals surface area contributed by atoms with Crippen LogP contribution in [0, 0.1) is 0 Å². The SMILES string of the molecule is CC1(C)c2cc(-c3ccc4ccccc4c3)ccc2N(c2ccc(-c3nc4cc5ccccc5cc4o3)cc2)c2ccc(-c3ccc4ccccc4c3)cc21. The summed E-state index contributed by atoms with van der Waals surface area (Å²) in [6, 6.07) is 65.9. The van der Waals surface area contributed by atoms with E-state index in [1.54, 1.807) is 0 Å². The van der Waals surface area contributed by atoms with E-state index in [0.717, 1.165) is 33.1 Å². The lowest BCUT2D eigenvalue weighted by atomic mass is 9.72. The van der Waals surface area contributed by atoms with E-state index in [2.05, 4.69) is 201 Å². The average molecular weight is 705 g/mol. The van der Waals surface area contributed by atoms with Crippen molar-refractivity contribution in [1.82, 2.24) is 4.98 Å².